The first-order valence-electron chi connectivity index (χ1n) is 7.11. The van der Waals surface area contributed by atoms with Crippen molar-refractivity contribution in [2.75, 3.05) is 18.1 Å². The Kier molecular flexibility index (Phi) is 6.21. The molecule has 19 heavy (non-hydrogen) atoms. The summed E-state index contributed by atoms with van der Waals surface area (Å²) in [5.41, 5.74) is 1.51. The molecule has 3 heteroatoms. The monoisotopic (exact) mass is 293 g/mol. The van der Waals surface area contributed by atoms with Crippen LogP contribution in [0.4, 0.5) is 0 Å². The summed E-state index contributed by atoms with van der Waals surface area (Å²) >= 11 is 3.90. The quantitative estimate of drug-likeness (QED) is 0.765. The minimum atomic E-state index is 0.600. The molecule has 0 saturated heterocycles. The molecular formula is C16H23NS2. The number of fused-ring (bicyclic) bond motifs is 1. The van der Waals surface area contributed by atoms with Gasteiger partial charge in [-0.2, -0.15) is 11.8 Å². The molecule has 0 amide bonds. The second-order valence-corrected chi connectivity index (χ2v) is 7.00. The van der Waals surface area contributed by atoms with Crippen molar-refractivity contribution in [2.24, 2.45) is 0 Å². The zero-order valence-electron chi connectivity index (χ0n) is 11.8. The molecule has 0 spiro atoms. The van der Waals surface area contributed by atoms with E-state index in [9.17, 15) is 0 Å². The van der Waals surface area contributed by atoms with Gasteiger partial charge in [0, 0.05) is 16.5 Å². The van der Waals surface area contributed by atoms with E-state index < -0.39 is 0 Å². The maximum absolute atomic E-state index is 3.69. The normalized spacial score (nSPS) is 12.9. The van der Waals surface area contributed by atoms with Crippen molar-refractivity contribution < 1.29 is 0 Å². The van der Waals surface area contributed by atoms with Crippen molar-refractivity contribution >= 4 is 33.2 Å². The zero-order valence-corrected chi connectivity index (χ0v) is 13.4. The van der Waals surface area contributed by atoms with Crippen molar-refractivity contribution in [1.29, 1.82) is 0 Å². The number of rotatable bonds is 8. The molecule has 2 aromatic rings. The summed E-state index contributed by atoms with van der Waals surface area (Å²) in [6, 6.07) is 9.35. The Bertz CT molecular complexity index is 484. The summed E-state index contributed by atoms with van der Waals surface area (Å²) in [4.78, 5) is 0. The third-order valence-electron chi connectivity index (χ3n) is 3.23. The van der Waals surface area contributed by atoms with Crippen LogP contribution in [-0.2, 0) is 6.42 Å². The molecule has 0 saturated carbocycles. The maximum Gasteiger partial charge on any atom is 0.0345 e. The van der Waals surface area contributed by atoms with Gasteiger partial charge in [0.05, 0.1) is 0 Å². The molecule has 1 aromatic carbocycles. The van der Waals surface area contributed by atoms with Crippen LogP contribution in [0.15, 0.2) is 29.6 Å². The minimum absolute atomic E-state index is 0.600. The van der Waals surface area contributed by atoms with E-state index in [1.165, 1.54) is 33.6 Å². The number of thiophene rings is 1. The Balaban J connectivity index is 2.06. The van der Waals surface area contributed by atoms with Crippen molar-refractivity contribution in [2.45, 2.75) is 32.7 Å². The first kappa shape index (κ1) is 14.9. The lowest BCUT2D eigenvalue weighted by Gasteiger charge is -2.17. The number of hydrogen-bond acceptors (Lipinski definition) is 3. The highest BCUT2D eigenvalue weighted by atomic mass is 32.2. The Morgan fingerprint density at radius 3 is 2.89 bits per heavy atom. The fourth-order valence-electron chi connectivity index (χ4n) is 2.25. The smallest absolute Gasteiger partial charge is 0.0345 e. The second-order valence-electron chi connectivity index (χ2n) is 4.77. The molecule has 2 rings (SSSR count). The second kappa shape index (κ2) is 7.93. The number of hydrogen-bond donors (Lipinski definition) is 1. The van der Waals surface area contributed by atoms with Gasteiger partial charge in [0.25, 0.3) is 0 Å². The van der Waals surface area contributed by atoms with Gasteiger partial charge in [-0.05, 0) is 47.5 Å². The molecule has 0 bridgehead atoms. The summed E-state index contributed by atoms with van der Waals surface area (Å²) < 4.78 is 1.41. The van der Waals surface area contributed by atoms with Gasteiger partial charge >= 0.3 is 0 Å². The fourth-order valence-corrected chi connectivity index (χ4v) is 3.99. The average Bonchev–Trinajstić information content (AvgIpc) is 2.85. The summed E-state index contributed by atoms with van der Waals surface area (Å²) in [7, 11) is 0. The molecule has 0 aliphatic rings. The first-order valence-corrected chi connectivity index (χ1v) is 9.14. The third-order valence-corrected chi connectivity index (χ3v) is 5.29. The van der Waals surface area contributed by atoms with Crippen LogP contribution in [0.25, 0.3) is 10.1 Å². The van der Waals surface area contributed by atoms with Crippen molar-refractivity contribution in [1.82, 2.24) is 5.32 Å². The molecular weight excluding hydrogens is 270 g/mol. The highest BCUT2D eigenvalue weighted by molar-refractivity contribution is 7.99. The Morgan fingerprint density at radius 2 is 2.11 bits per heavy atom. The van der Waals surface area contributed by atoms with E-state index in [4.69, 9.17) is 0 Å². The van der Waals surface area contributed by atoms with Crippen LogP contribution in [0.5, 0.6) is 0 Å². The molecule has 1 atom stereocenters. The molecule has 1 aromatic heterocycles. The van der Waals surface area contributed by atoms with Gasteiger partial charge in [-0.3, -0.25) is 0 Å². The number of benzene rings is 1. The van der Waals surface area contributed by atoms with E-state index in [-0.39, 0.29) is 0 Å². The molecule has 0 aliphatic heterocycles. The van der Waals surface area contributed by atoms with Gasteiger partial charge in [-0.25, -0.2) is 0 Å². The van der Waals surface area contributed by atoms with E-state index in [1.54, 1.807) is 0 Å². The SMILES string of the molecule is CCCNC(CSCC)Cc1csc2ccccc12. The Labute approximate surface area is 124 Å². The minimum Gasteiger partial charge on any atom is -0.313 e. The number of nitrogens with one attached hydrogen (secondary N) is 1. The van der Waals surface area contributed by atoms with Gasteiger partial charge in [0.15, 0.2) is 0 Å². The Morgan fingerprint density at radius 1 is 1.26 bits per heavy atom. The standard InChI is InChI=1S/C16H23NS2/c1-3-9-17-14(12-18-4-2)10-13-11-19-16-8-6-5-7-15(13)16/h5-8,11,14,17H,3-4,9-10,12H2,1-2H3. The zero-order chi connectivity index (χ0) is 13.5. The van der Waals surface area contributed by atoms with Gasteiger partial charge in [-0.15, -0.1) is 11.3 Å². The molecule has 1 unspecified atom stereocenters. The molecule has 0 aliphatic carbocycles. The van der Waals surface area contributed by atoms with Crippen molar-refractivity contribution in [3.8, 4) is 0 Å². The molecule has 1 heterocycles. The van der Waals surface area contributed by atoms with Crippen molar-refractivity contribution in [3.63, 3.8) is 0 Å². The van der Waals surface area contributed by atoms with E-state index >= 15 is 0 Å². The highest BCUT2D eigenvalue weighted by Gasteiger charge is 2.11. The van der Waals surface area contributed by atoms with Crippen LogP contribution < -0.4 is 5.32 Å². The van der Waals surface area contributed by atoms with Crippen LogP contribution in [0.3, 0.4) is 0 Å². The van der Waals surface area contributed by atoms with Crippen LogP contribution >= 0.6 is 23.1 Å². The predicted octanol–water partition coefficient (Wildman–Crippen LogP) is 4.57. The van der Waals surface area contributed by atoms with Gasteiger partial charge < -0.3 is 5.32 Å². The molecule has 104 valence electrons. The van der Waals surface area contributed by atoms with Gasteiger partial charge in [-0.1, -0.05) is 32.0 Å². The lowest BCUT2D eigenvalue weighted by atomic mass is 10.1. The lowest BCUT2D eigenvalue weighted by molar-refractivity contribution is 0.552. The van der Waals surface area contributed by atoms with E-state index in [1.807, 2.05) is 23.1 Å². The van der Waals surface area contributed by atoms with E-state index in [0.717, 1.165) is 13.0 Å². The van der Waals surface area contributed by atoms with Crippen LogP contribution in [0, 0.1) is 0 Å². The molecule has 1 N–H and O–H groups in total. The van der Waals surface area contributed by atoms with Crippen LogP contribution in [-0.4, -0.2) is 24.1 Å². The summed E-state index contributed by atoms with van der Waals surface area (Å²) in [5.74, 6) is 2.41. The largest absolute Gasteiger partial charge is 0.313 e. The van der Waals surface area contributed by atoms with Crippen molar-refractivity contribution in [3.05, 3.63) is 35.2 Å². The molecule has 0 fully saturated rings. The first-order chi connectivity index (χ1) is 9.35. The van der Waals surface area contributed by atoms with Crippen LogP contribution in [0.2, 0.25) is 0 Å². The maximum atomic E-state index is 3.69. The van der Waals surface area contributed by atoms with Crippen LogP contribution in [0.1, 0.15) is 25.8 Å². The fraction of sp³-hybridized carbons (Fsp3) is 0.500. The molecule has 1 nitrogen and oxygen atoms in total. The topological polar surface area (TPSA) is 12.0 Å². The average molecular weight is 294 g/mol. The third kappa shape index (κ3) is 4.23. The summed E-state index contributed by atoms with van der Waals surface area (Å²) in [6.45, 7) is 5.59. The van der Waals surface area contributed by atoms with E-state index in [0.29, 0.717) is 6.04 Å². The van der Waals surface area contributed by atoms with Gasteiger partial charge in [0.2, 0.25) is 0 Å². The lowest BCUT2D eigenvalue weighted by Crippen LogP contribution is -2.34. The van der Waals surface area contributed by atoms with Gasteiger partial charge in [0.1, 0.15) is 0 Å². The summed E-state index contributed by atoms with van der Waals surface area (Å²) in [5, 5.41) is 7.47. The summed E-state index contributed by atoms with van der Waals surface area (Å²) in [6.07, 6.45) is 2.36. The van der Waals surface area contributed by atoms with E-state index in [2.05, 4.69) is 48.8 Å². The Hall–Kier alpha value is -0.510. The number of thioether (sulfide) groups is 1. The highest BCUT2D eigenvalue weighted by Crippen LogP contribution is 2.27. The molecule has 0 radical (unpaired) electrons. The predicted molar refractivity (Wildman–Crippen MR) is 90.6 cm³/mol.